The van der Waals surface area contributed by atoms with E-state index in [1.807, 2.05) is 43.3 Å². The van der Waals surface area contributed by atoms with Crippen LogP contribution in [-0.2, 0) is 16.6 Å². The van der Waals surface area contributed by atoms with Crippen molar-refractivity contribution in [3.8, 4) is 5.75 Å². The number of hydrogen-bond donors (Lipinski definition) is 2. The Hall–Kier alpha value is -1.93. The maximum absolute atomic E-state index is 12.5. The lowest BCUT2D eigenvalue weighted by molar-refractivity contribution is 0.168. The minimum Gasteiger partial charge on any atom is -0.491 e. The lowest BCUT2D eigenvalue weighted by atomic mass is 9.98. The molecule has 7 heteroatoms. The molecule has 2 N–H and O–H groups in total. The number of nitrogens with zero attached hydrogens (tertiary/aromatic N) is 1. The van der Waals surface area contributed by atoms with Crippen LogP contribution in [0.5, 0.6) is 5.75 Å². The molecule has 1 aliphatic heterocycles. The fraction of sp³-hybridized carbons (Fsp3) is 0.455. The molecule has 1 aliphatic rings. The van der Waals surface area contributed by atoms with Gasteiger partial charge in [0, 0.05) is 19.6 Å². The number of likely N-dealkylation sites (tertiary alicyclic amines) is 1. The summed E-state index contributed by atoms with van der Waals surface area (Å²) in [6, 6.07) is 14.8. The van der Waals surface area contributed by atoms with E-state index in [0.29, 0.717) is 24.0 Å². The van der Waals surface area contributed by atoms with Gasteiger partial charge in [-0.3, -0.25) is 4.90 Å². The molecule has 0 aliphatic carbocycles. The second-order valence-electron chi connectivity index (χ2n) is 7.62. The van der Waals surface area contributed by atoms with E-state index in [1.54, 1.807) is 12.1 Å². The number of ether oxygens (including phenoxy) is 1. The van der Waals surface area contributed by atoms with Crippen LogP contribution in [0, 0.1) is 12.8 Å². The Morgan fingerprint density at radius 3 is 2.55 bits per heavy atom. The van der Waals surface area contributed by atoms with E-state index < -0.39 is 10.0 Å². The van der Waals surface area contributed by atoms with Gasteiger partial charge in [0.2, 0.25) is 10.0 Å². The van der Waals surface area contributed by atoms with Gasteiger partial charge in [-0.15, -0.1) is 0 Å². The lowest BCUT2D eigenvalue weighted by Crippen LogP contribution is -2.40. The van der Waals surface area contributed by atoms with Crippen LogP contribution < -0.4 is 9.46 Å². The zero-order valence-electron chi connectivity index (χ0n) is 16.9. The molecule has 6 nitrogen and oxygen atoms in total. The first kappa shape index (κ1) is 21.8. The maximum atomic E-state index is 12.5. The van der Waals surface area contributed by atoms with Crippen molar-refractivity contribution >= 4 is 10.0 Å². The number of benzene rings is 2. The predicted octanol–water partition coefficient (Wildman–Crippen LogP) is 2.56. The number of nitrogens with one attached hydrogen (secondary N) is 1. The monoisotopic (exact) mass is 418 g/mol. The Morgan fingerprint density at radius 2 is 1.86 bits per heavy atom. The number of hydrogen-bond acceptors (Lipinski definition) is 5. The predicted molar refractivity (Wildman–Crippen MR) is 113 cm³/mol. The number of aliphatic hydroxyl groups is 1. The van der Waals surface area contributed by atoms with Gasteiger partial charge < -0.3 is 9.84 Å². The molecule has 0 bridgehead atoms. The highest BCUT2D eigenvalue weighted by atomic mass is 32.2. The molecular weight excluding hydrogens is 388 g/mol. The number of aryl methyl sites for hydroxylation is 1. The fourth-order valence-corrected chi connectivity index (χ4v) is 4.72. The van der Waals surface area contributed by atoms with Crippen LogP contribution in [-0.4, -0.2) is 51.3 Å². The van der Waals surface area contributed by atoms with E-state index in [9.17, 15) is 8.42 Å². The maximum Gasteiger partial charge on any atom is 0.240 e. The van der Waals surface area contributed by atoms with Crippen molar-refractivity contribution in [2.75, 3.05) is 32.8 Å². The Bertz CT molecular complexity index is 867. The van der Waals surface area contributed by atoms with E-state index in [2.05, 4.69) is 9.62 Å². The largest absolute Gasteiger partial charge is 0.491 e. The number of aliphatic hydroxyl groups excluding tert-OH is 1. The summed E-state index contributed by atoms with van der Waals surface area (Å²) in [6.45, 7) is 5.43. The first-order valence-corrected chi connectivity index (χ1v) is 11.6. The van der Waals surface area contributed by atoms with E-state index in [0.717, 1.165) is 43.8 Å². The Balaban J connectivity index is 1.50. The van der Waals surface area contributed by atoms with Crippen molar-refractivity contribution in [1.29, 1.82) is 0 Å². The van der Waals surface area contributed by atoms with E-state index in [4.69, 9.17) is 9.84 Å². The van der Waals surface area contributed by atoms with Crippen molar-refractivity contribution in [2.45, 2.75) is 31.2 Å². The molecular formula is C22H30N2O4S. The summed E-state index contributed by atoms with van der Waals surface area (Å²) in [7, 11) is -3.47. The van der Waals surface area contributed by atoms with Crippen molar-refractivity contribution in [1.82, 2.24) is 9.62 Å². The van der Waals surface area contributed by atoms with Gasteiger partial charge in [-0.05, 0) is 62.1 Å². The highest BCUT2D eigenvalue weighted by molar-refractivity contribution is 7.89. The van der Waals surface area contributed by atoms with Crippen LogP contribution in [0.25, 0.3) is 0 Å². The third-order valence-electron chi connectivity index (χ3n) is 5.19. The third-order valence-corrected chi connectivity index (χ3v) is 6.63. The van der Waals surface area contributed by atoms with Crippen molar-refractivity contribution in [3.63, 3.8) is 0 Å². The summed E-state index contributed by atoms with van der Waals surface area (Å²) in [4.78, 5) is 2.69. The molecule has 158 valence electrons. The van der Waals surface area contributed by atoms with E-state index in [-0.39, 0.29) is 6.61 Å². The molecule has 0 amide bonds. The molecule has 0 radical (unpaired) electrons. The number of sulfonamides is 1. The average molecular weight is 419 g/mol. The zero-order chi connectivity index (χ0) is 20.7. The fourth-order valence-electron chi connectivity index (χ4n) is 3.60. The smallest absolute Gasteiger partial charge is 0.240 e. The summed E-state index contributed by atoms with van der Waals surface area (Å²) in [5, 5.41) is 8.82. The minimum absolute atomic E-state index is 0.00455. The van der Waals surface area contributed by atoms with Crippen LogP contribution in [0.3, 0.4) is 0 Å². The summed E-state index contributed by atoms with van der Waals surface area (Å²) in [5.74, 6) is 1.06. The Morgan fingerprint density at radius 1 is 1.14 bits per heavy atom. The molecule has 3 rings (SSSR count). The van der Waals surface area contributed by atoms with Gasteiger partial charge in [0.15, 0.2) is 0 Å². The van der Waals surface area contributed by atoms with Crippen molar-refractivity contribution in [3.05, 3.63) is 59.7 Å². The van der Waals surface area contributed by atoms with E-state index in [1.165, 1.54) is 5.56 Å². The van der Waals surface area contributed by atoms with Crippen LogP contribution >= 0.6 is 0 Å². The van der Waals surface area contributed by atoms with Gasteiger partial charge in [0.25, 0.3) is 0 Å². The molecule has 1 atom stereocenters. The summed E-state index contributed by atoms with van der Waals surface area (Å²) in [6.07, 6.45) is 2.09. The Labute approximate surface area is 173 Å². The van der Waals surface area contributed by atoms with E-state index >= 15 is 0 Å². The minimum atomic E-state index is -3.47. The van der Waals surface area contributed by atoms with Gasteiger partial charge in [-0.2, -0.15) is 0 Å². The van der Waals surface area contributed by atoms with Crippen LogP contribution in [0.1, 0.15) is 24.0 Å². The first-order chi connectivity index (χ1) is 14.0. The molecule has 2 aromatic carbocycles. The quantitative estimate of drug-likeness (QED) is 0.654. The molecule has 0 spiro atoms. The lowest BCUT2D eigenvalue weighted by Gasteiger charge is -2.32. The summed E-state index contributed by atoms with van der Waals surface area (Å²) < 4.78 is 33.2. The van der Waals surface area contributed by atoms with Gasteiger partial charge in [-0.25, -0.2) is 13.1 Å². The SMILES string of the molecule is Cc1ccc(S(=O)(=O)NC[C@@H]2CCCN(Cc3ccc(OCCO)cc3)C2)cc1. The number of rotatable bonds is 9. The summed E-state index contributed by atoms with van der Waals surface area (Å²) >= 11 is 0. The molecule has 0 saturated carbocycles. The Kier molecular flexibility index (Phi) is 7.66. The van der Waals surface area contributed by atoms with Gasteiger partial charge in [0.05, 0.1) is 11.5 Å². The standard InChI is InChI=1S/C22H30N2O4S/c1-18-4-10-22(11-5-18)29(26,27)23-15-20-3-2-12-24(17-20)16-19-6-8-21(9-7-19)28-14-13-25/h4-11,20,23,25H,2-3,12-17H2,1H3/t20-/m0/s1. The molecule has 29 heavy (non-hydrogen) atoms. The molecule has 1 fully saturated rings. The highest BCUT2D eigenvalue weighted by Gasteiger charge is 2.22. The van der Waals surface area contributed by atoms with Crippen LogP contribution in [0.15, 0.2) is 53.4 Å². The molecule has 2 aromatic rings. The first-order valence-electron chi connectivity index (χ1n) is 10.1. The highest BCUT2D eigenvalue weighted by Crippen LogP contribution is 2.20. The molecule has 0 unspecified atom stereocenters. The van der Waals surface area contributed by atoms with Crippen molar-refractivity contribution < 1.29 is 18.3 Å². The molecule has 1 heterocycles. The number of piperidine rings is 1. The van der Waals surface area contributed by atoms with Crippen LogP contribution in [0.2, 0.25) is 0 Å². The van der Waals surface area contributed by atoms with Gasteiger partial charge >= 0.3 is 0 Å². The van der Waals surface area contributed by atoms with Gasteiger partial charge in [-0.1, -0.05) is 29.8 Å². The second kappa shape index (κ2) is 10.2. The van der Waals surface area contributed by atoms with Crippen molar-refractivity contribution in [2.24, 2.45) is 5.92 Å². The second-order valence-corrected chi connectivity index (χ2v) is 9.39. The normalized spacial score (nSPS) is 17.9. The molecule has 1 saturated heterocycles. The molecule has 0 aromatic heterocycles. The summed E-state index contributed by atoms with van der Waals surface area (Å²) in [5.41, 5.74) is 2.24. The third kappa shape index (κ3) is 6.54. The topological polar surface area (TPSA) is 78.9 Å². The zero-order valence-corrected chi connectivity index (χ0v) is 17.7. The van der Waals surface area contributed by atoms with Crippen LogP contribution in [0.4, 0.5) is 0 Å². The van der Waals surface area contributed by atoms with Gasteiger partial charge in [0.1, 0.15) is 12.4 Å². The average Bonchev–Trinajstić information content (AvgIpc) is 2.72.